The molecule has 1 aliphatic rings. The largest absolute Gasteiger partial charge is 0.366 e. The maximum atomic E-state index is 11.4. The van der Waals surface area contributed by atoms with Crippen molar-refractivity contribution in [3.05, 3.63) is 0 Å². The molecular formula is C9H18N2O2. The predicted molar refractivity (Wildman–Crippen MR) is 50.3 cm³/mol. The smallest absolute Gasteiger partial charge is 0.251 e. The van der Waals surface area contributed by atoms with E-state index in [-0.39, 0.29) is 17.6 Å². The van der Waals surface area contributed by atoms with Crippen LogP contribution >= 0.6 is 0 Å². The summed E-state index contributed by atoms with van der Waals surface area (Å²) in [5, 5.41) is 0. The Bertz CT molecular complexity index is 198. The molecule has 0 bridgehead atoms. The number of nitrogens with zero attached hydrogens (tertiary/aromatic N) is 1. The number of hydrogen-bond donors (Lipinski definition) is 1. The fourth-order valence-electron chi connectivity index (χ4n) is 1.26. The number of ether oxygens (including phenoxy) is 1. The van der Waals surface area contributed by atoms with Crippen molar-refractivity contribution in [3.8, 4) is 0 Å². The van der Waals surface area contributed by atoms with E-state index in [0.717, 1.165) is 13.0 Å². The quantitative estimate of drug-likeness (QED) is 0.673. The van der Waals surface area contributed by atoms with Gasteiger partial charge in [0.15, 0.2) is 0 Å². The molecule has 1 atom stereocenters. The highest BCUT2D eigenvalue weighted by Crippen LogP contribution is 2.13. The summed E-state index contributed by atoms with van der Waals surface area (Å²) in [7, 11) is 1.79. The van der Waals surface area contributed by atoms with Crippen molar-refractivity contribution in [1.82, 2.24) is 4.90 Å². The zero-order valence-corrected chi connectivity index (χ0v) is 8.54. The van der Waals surface area contributed by atoms with Gasteiger partial charge < -0.3 is 15.4 Å². The second-order valence-corrected chi connectivity index (χ2v) is 4.34. The number of likely N-dealkylation sites (N-methyl/N-ethyl adjacent to an activating group) is 1. The number of likely N-dealkylation sites (tertiary alicyclic amines) is 1. The Morgan fingerprint density at radius 3 is 2.69 bits per heavy atom. The molecule has 0 aromatic rings. The molecule has 0 aliphatic carbocycles. The van der Waals surface area contributed by atoms with Gasteiger partial charge in [-0.15, -0.1) is 0 Å². The van der Waals surface area contributed by atoms with Crippen LogP contribution in [0.1, 0.15) is 20.3 Å². The summed E-state index contributed by atoms with van der Waals surface area (Å²) < 4.78 is 5.43. The third kappa shape index (κ3) is 2.97. The number of amides is 1. The molecule has 1 fully saturated rings. The van der Waals surface area contributed by atoms with Crippen molar-refractivity contribution in [2.75, 3.05) is 20.2 Å². The summed E-state index contributed by atoms with van der Waals surface area (Å²) in [6.07, 6.45) is 0.513. The molecule has 0 aromatic carbocycles. The van der Waals surface area contributed by atoms with Crippen LogP contribution < -0.4 is 5.73 Å². The highest BCUT2D eigenvalue weighted by molar-refractivity contribution is 5.82. The van der Waals surface area contributed by atoms with Crippen molar-refractivity contribution >= 4 is 5.91 Å². The van der Waals surface area contributed by atoms with Crippen LogP contribution in [0.15, 0.2) is 0 Å². The minimum Gasteiger partial charge on any atom is -0.366 e. The number of carbonyl (C=O) groups is 1. The van der Waals surface area contributed by atoms with Gasteiger partial charge in [-0.05, 0) is 13.8 Å². The van der Waals surface area contributed by atoms with Crippen molar-refractivity contribution in [2.24, 2.45) is 5.73 Å². The molecule has 76 valence electrons. The predicted octanol–water partition coefficient (Wildman–Crippen LogP) is -0.0290. The van der Waals surface area contributed by atoms with Crippen molar-refractivity contribution in [1.29, 1.82) is 0 Å². The summed E-state index contributed by atoms with van der Waals surface area (Å²) in [6, 6.07) is 0. The number of rotatable bonds is 3. The Hall–Kier alpha value is -0.610. The van der Waals surface area contributed by atoms with E-state index in [1.807, 2.05) is 13.8 Å². The lowest BCUT2D eigenvalue weighted by atomic mass is 10.1. The zero-order chi connectivity index (χ0) is 10.1. The maximum Gasteiger partial charge on any atom is 0.251 e. The van der Waals surface area contributed by atoms with Crippen LogP contribution in [0.3, 0.4) is 0 Å². The number of hydrogen-bond acceptors (Lipinski definition) is 3. The molecule has 13 heavy (non-hydrogen) atoms. The van der Waals surface area contributed by atoms with Gasteiger partial charge in [0.25, 0.3) is 5.91 Å². The molecule has 0 aromatic heterocycles. The fraction of sp³-hybridized carbons (Fsp3) is 0.889. The SMILES string of the molecule is CN1CCC(OCC(C)(C)N)C1=O. The highest BCUT2D eigenvalue weighted by Gasteiger charge is 2.30. The van der Waals surface area contributed by atoms with Crippen LogP contribution in [0.2, 0.25) is 0 Å². The Kier molecular flexibility index (Phi) is 2.93. The van der Waals surface area contributed by atoms with Gasteiger partial charge >= 0.3 is 0 Å². The Labute approximate surface area is 79.0 Å². The second-order valence-electron chi connectivity index (χ2n) is 4.34. The van der Waals surface area contributed by atoms with Gasteiger partial charge in [0.2, 0.25) is 0 Å². The average Bonchev–Trinajstić information content (AvgIpc) is 2.29. The van der Waals surface area contributed by atoms with E-state index in [1.54, 1.807) is 11.9 Å². The fourth-order valence-corrected chi connectivity index (χ4v) is 1.26. The molecule has 0 radical (unpaired) electrons. The molecule has 1 saturated heterocycles. The molecule has 1 unspecified atom stereocenters. The maximum absolute atomic E-state index is 11.4. The standard InChI is InChI=1S/C9H18N2O2/c1-9(2,10)6-13-7-4-5-11(3)8(7)12/h7H,4-6,10H2,1-3H3. The minimum absolute atomic E-state index is 0.0734. The topological polar surface area (TPSA) is 55.6 Å². The molecule has 4 heteroatoms. The first-order valence-corrected chi connectivity index (χ1v) is 4.55. The van der Waals surface area contributed by atoms with Crippen molar-refractivity contribution in [3.63, 3.8) is 0 Å². The van der Waals surface area contributed by atoms with Gasteiger partial charge in [-0.25, -0.2) is 0 Å². The molecule has 1 amide bonds. The zero-order valence-electron chi connectivity index (χ0n) is 8.54. The lowest BCUT2D eigenvalue weighted by molar-refractivity contribution is -0.136. The van der Waals surface area contributed by atoms with Gasteiger partial charge in [-0.1, -0.05) is 0 Å². The van der Waals surface area contributed by atoms with E-state index in [4.69, 9.17) is 10.5 Å². The Morgan fingerprint density at radius 1 is 1.69 bits per heavy atom. The van der Waals surface area contributed by atoms with Gasteiger partial charge in [0.1, 0.15) is 6.10 Å². The van der Waals surface area contributed by atoms with Crippen molar-refractivity contribution < 1.29 is 9.53 Å². The van der Waals surface area contributed by atoms with E-state index < -0.39 is 0 Å². The number of carbonyl (C=O) groups excluding carboxylic acids is 1. The van der Waals surface area contributed by atoms with Crippen LogP contribution in [0.4, 0.5) is 0 Å². The third-order valence-corrected chi connectivity index (χ3v) is 2.03. The monoisotopic (exact) mass is 186 g/mol. The first kappa shape index (κ1) is 10.5. The van der Waals surface area contributed by atoms with E-state index in [2.05, 4.69) is 0 Å². The third-order valence-electron chi connectivity index (χ3n) is 2.03. The van der Waals surface area contributed by atoms with Gasteiger partial charge in [0, 0.05) is 25.6 Å². The lowest BCUT2D eigenvalue weighted by Crippen LogP contribution is -2.40. The van der Waals surface area contributed by atoms with Gasteiger partial charge in [0.05, 0.1) is 6.61 Å². The van der Waals surface area contributed by atoms with Crippen LogP contribution in [-0.4, -0.2) is 42.6 Å². The first-order chi connectivity index (χ1) is 5.90. The van der Waals surface area contributed by atoms with E-state index in [9.17, 15) is 4.79 Å². The summed E-state index contributed by atoms with van der Waals surface area (Å²) in [6.45, 7) is 4.98. The van der Waals surface area contributed by atoms with E-state index in [1.165, 1.54) is 0 Å². The molecule has 0 spiro atoms. The first-order valence-electron chi connectivity index (χ1n) is 4.55. The van der Waals surface area contributed by atoms with Crippen molar-refractivity contribution in [2.45, 2.75) is 31.9 Å². The van der Waals surface area contributed by atoms with E-state index >= 15 is 0 Å². The summed E-state index contributed by atoms with van der Waals surface area (Å²) in [5.41, 5.74) is 5.38. The lowest BCUT2D eigenvalue weighted by Gasteiger charge is -2.20. The average molecular weight is 186 g/mol. The molecule has 1 aliphatic heterocycles. The van der Waals surface area contributed by atoms with Crippen LogP contribution in [0, 0.1) is 0 Å². The minimum atomic E-state index is -0.360. The number of nitrogens with two attached hydrogens (primary N) is 1. The normalized spacial score (nSPS) is 24.2. The van der Waals surface area contributed by atoms with E-state index in [0.29, 0.717) is 6.61 Å². The molecular weight excluding hydrogens is 168 g/mol. The van der Waals surface area contributed by atoms with Crippen LogP contribution in [-0.2, 0) is 9.53 Å². The highest BCUT2D eigenvalue weighted by atomic mass is 16.5. The molecule has 4 nitrogen and oxygen atoms in total. The Balaban J connectivity index is 2.35. The molecule has 0 saturated carbocycles. The second kappa shape index (κ2) is 3.64. The summed E-state index contributed by atoms with van der Waals surface area (Å²) in [4.78, 5) is 13.1. The summed E-state index contributed by atoms with van der Waals surface area (Å²) in [5.74, 6) is 0.0734. The summed E-state index contributed by atoms with van der Waals surface area (Å²) >= 11 is 0. The molecule has 1 heterocycles. The van der Waals surface area contributed by atoms with Crippen LogP contribution in [0.25, 0.3) is 0 Å². The molecule has 2 N–H and O–H groups in total. The van der Waals surface area contributed by atoms with Gasteiger partial charge in [-0.2, -0.15) is 0 Å². The Morgan fingerprint density at radius 2 is 2.31 bits per heavy atom. The van der Waals surface area contributed by atoms with Crippen LogP contribution in [0.5, 0.6) is 0 Å². The molecule has 1 rings (SSSR count). The van der Waals surface area contributed by atoms with Gasteiger partial charge in [-0.3, -0.25) is 4.79 Å².